The highest BCUT2D eigenvalue weighted by molar-refractivity contribution is 4.75. The van der Waals surface area contributed by atoms with Crippen molar-refractivity contribution in [3.8, 4) is 0 Å². The van der Waals surface area contributed by atoms with Crippen LogP contribution in [-0.4, -0.2) is 43.5 Å². The predicted molar refractivity (Wildman–Crippen MR) is 63.0 cm³/mol. The van der Waals surface area contributed by atoms with Gasteiger partial charge in [0.25, 0.3) is 6.43 Å². The van der Waals surface area contributed by atoms with E-state index >= 15 is 0 Å². The summed E-state index contributed by atoms with van der Waals surface area (Å²) in [5, 5.41) is 3.49. The largest absolute Gasteiger partial charge is 0.312 e. The molecule has 1 N–H and O–H groups in total. The molecule has 0 saturated heterocycles. The Morgan fingerprint density at radius 2 is 1.88 bits per heavy atom. The molecule has 0 aromatic rings. The SMILES string of the molecule is CC(CNC1CCCCC1)N(C)CC(F)F. The van der Waals surface area contributed by atoms with E-state index in [-0.39, 0.29) is 12.6 Å². The molecule has 1 aliphatic carbocycles. The maximum Gasteiger partial charge on any atom is 0.251 e. The van der Waals surface area contributed by atoms with Crippen molar-refractivity contribution in [2.75, 3.05) is 20.1 Å². The fourth-order valence-corrected chi connectivity index (χ4v) is 2.20. The molecule has 4 heteroatoms. The summed E-state index contributed by atoms with van der Waals surface area (Å²) in [5.41, 5.74) is 0. The Bertz CT molecular complexity index is 182. The average molecular weight is 234 g/mol. The van der Waals surface area contributed by atoms with E-state index in [1.807, 2.05) is 6.92 Å². The zero-order valence-electron chi connectivity index (χ0n) is 10.4. The van der Waals surface area contributed by atoms with E-state index in [0.29, 0.717) is 6.04 Å². The first-order valence-corrected chi connectivity index (χ1v) is 6.31. The van der Waals surface area contributed by atoms with Gasteiger partial charge in [-0.25, -0.2) is 8.78 Å². The number of alkyl halides is 2. The zero-order valence-corrected chi connectivity index (χ0v) is 10.4. The first-order valence-electron chi connectivity index (χ1n) is 6.31. The third kappa shape index (κ3) is 5.21. The molecule has 0 spiro atoms. The van der Waals surface area contributed by atoms with Crippen molar-refractivity contribution < 1.29 is 8.78 Å². The van der Waals surface area contributed by atoms with E-state index in [1.54, 1.807) is 11.9 Å². The number of rotatable bonds is 6. The lowest BCUT2D eigenvalue weighted by molar-refractivity contribution is 0.0831. The van der Waals surface area contributed by atoms with Gasteiger partial charge in [0.15, 0.2) is 0 Å². The first-order chi connectivity index (χ1) is 7.59. The highest BCUT2D eigenvalue weighted by Crippen LogP contribution is 2.17. The summed E-state index contributed by atoms with van der Waals surface area (Å²) < 4.78 is 24.4. The molecule has 1 fully saturated rings. The van der Waals surface area contributed by atoms with Crippen LogP contribution in [0.25, 0.3) is 0 Å². The third-order valence-corrected chi connectivity index (χ3v) is 3.49. The molecule has 0 bridgehead atoms. The van der Waals surface area contributed by atoms with Crippen LogP contribution in [0.2, 0.25) is 0 Å². The van der Waals surface area contributed by atoms with E-state index in [4.69, 9.17) is 0 Å². The van der Waals surface area contributed by atoms with E-state index in [9.17, 15) is 8.78 Å². The van der Waals surface area contributed by atoms with Gasteiger partial charge >= 0.3 is 0 Å². The Morgan fingerprint density at radius 1 is 1.25 bits per heavy atom. The van der Waals surface area contributed by atoms with Gasteiger partial charge in [0, 0.05) is 18.6 Å². The maximum absolute atomic E-state index is 12.2. The molecule has 2 nitrogen and oxygen atoms in total. The van der Waals surface area contributed by atoms with E-state index in [0.717, 1.165) is 6.54 Å². The molecule has 1 rings (SSSR count). The van der Waals surface area contributed by atoms with Crippen LogP contribution in [0.5, 0.6) is 0 Å². The molecule has 0 aliphatic heterocycles. The minimum absolute atomic E-state index is 0.131. The lowest BCUT2D eigenvalue weighted by Crippen LogP contribution is -2.43. The Balaban J connectivity index is 2.15. The molecule has 1 aliphatic rings. The van der Waals surface area contributed by atoms with Crippen molar-refractivity contribution in [1.29, 1.82) is 0 Å². The molecule has 1 unspecified atom stereocenters. The quantitative estimate of drug-likeness (QED) is 0.759. The number of likely N-dealkylation sites (N-methyl/N-ethyl adjacent to an activating group) is 1. The Morgan fingerprint density at radius 3 is 2.44 bits per heavy atom. The van der Waals surface area contributed by atoms with Crippen LogP contribution in [0.15, 0.2) is 0 Å². The first kappa shape index (κ1) is 13.8. The van der Waals surface area contributed by atoms with Crippen molar-refractivity contribution in [2.24, 2.45) is 0 Å². The zero-order chi connectivity index (χ0) is 12.0. The van der Waals surface area contributed by atoms with E-state index in [2.05, 4.69) is 5.32 Å². The summed E-state index contributed by atoms with van der Waals surface area (Å²) in [6.07, 6.45) is 4.20. The summed E-state index contributed by atoms with van der Waals surface area (Å²) in [5.74, 6) is 0. The summed E-state index contributed by atoms with van der Waals surface area (Å²) in [6, 6.07) is 0.784. The predicted octanol–water partition coefficient (Wildman–Crippen LogP) is 2.49. The number of nitrogens with zero attached hydrogens (tertiary/aromatic N) is 1. The average Bonchev–Trinajstić information content (AvgIpc) is 2.26. The van der Waals surface area contributed by atoms with Gasteiger partial charge in [-0.3, -0.25) is 4.90 Å². The van der Waals surface area contributed by atoms with Crippen molar-refractivity contribution in [2.45, 2.75) is 57.5 Å². The molecule has 0 heterocycles. The second-order valence-corrected chi connectivity index (χ2v) is 4.92. The lowest BCUT2D eigenvalue weighted by Gasteiger charge is -2.28. The van der Waals surface area contributed by atoms with Crippen molar-refractivity contribution in [3.05, 3.63) is 0 Å². The molecule has 96 valence electrons. The van der Waals surface area contributed by atoms with Gasteiger partial charge in [0.05, 0.1) is 6.54 Å². The van der Waals surface area contributed by atoms with Crippen LogP contribution < -0.4 is 5.32 Å². The second-order valence-electron chi connectivity index (χ2n) is 4.92. The Kier molecular flexibility index (Phi) is 6.21. The standard InChI is InChI=1S/C12H24F2N2/c1-10(16(2)9-12(13)14)8-15-11-6-4-3-5-7-11/h10-12,15H,3-9H2,1-2H3. The number of nitrogens with one attached hydrogen (secondary N) is 1. The van der Waals surface area contributed by atoms with Crippen LogP contribution in [0, 0.1) is 0 Å². The molecule has 0 aromatic heterocycles. The number of hydrogen-bond acceptors (Lipinski definition) is 2. The van der Waals surface area contributed by atoms with Gasteiger partial charge in [-0.2, -0.15) is 0 Å². The highest BCUT2D eigenvalue weighted by atomic mass is 19.3. The van der Waals surface area contributed by atoms with Crippen LogP contribution in [-0.2, 0) is 0 Å². The fourth-order valence-electron chi connectivity index (χ4n) is 2.20. The smallest absolute Gasteiger partial charge is 0.251 e. The molecular weight excluding hydrogens is 210 g/mol. The van der Waals surface area contributed by atoms with Gasteiger partial charge in [-0.15, -0.1) is 0 Å². The maximum atomic E-state index is 12.2. The Labute approximate surface area is 97.4 Å². The summed E-state index contributed by atoms with van der Waals surface area (Å²) in [4.78, 5) is 1.72. The highest BCUT2D eigenvalue weighted by Gasteiger charge is 2.17. The van der Waals surface area contributed by atoms with Crippen molar-refractivity contribution in [3.63, 3.8) is 0 Å². The topological polar surface area (TPSA) is 15.3 Å². The normalized spacial score (nSPS) is 20.6. The molecule has 1 atom stereocenters. The van der Waals surface area contributed by atoms with Crippen molar-refractivity contribution in [1.82, 2.24) is 10.2 Å². The molecule has 1 saturated carbocycles. The lowest BCUT2D eigenvalue weighted by atomic mass is 9.95. The number of hydrogen-bond donors (Lipinski definition) is 1. The van der Waals surface area contributed by atoms with Gasteiger partial charge in [0.2, 0.25) is 0 Å². The van der Waals surface area contributed by atoms with Crippen molar-refractivity contribution >= 4 is 0 Å². The molecule has 16 heavy (non-hydrogen) atoms. The van der Waals surface area contributed by atoms with Gasteiger partial charge in [0.1, 0.15) is 0 Å². The molecular formula is C12H24F2N2. The second kappa shape index (κ2) is 7.17. The van der Waals surface area contributed by atoms with Crippen LogP contribution in [0.1, 0.15) is 39.0 Å². The fraction of sp³-hybridized carbons (Fsp3) is 1.00. The molecule has 0 amide bonds. The summed E-state index contributed by atoms with van der Waals surface area (Å²) in [6.45, 7) is 2.68. The van der Waals surface area contributed by atoms with Gasteiger partial charge in [-0.1, -0.05) is 19.3 Å². The third-order valence-electron chi connectivity index (χ3n) is 3.49. The molecule has 0 radical (unpaired) electrons. The van der Waals surface area contributed by atoms with Crippen LogP contribution in [0.3, 0.4) is 0 Å². The summed E-state index contributed by atoms with van der Waals surface area (Å²) >= 11 is 0. The summed E-state index contributed by atoms with van der Waals surface area (Å²) in [7, 11) is 1.76. The van der Waals surface area contributed by atoms with Gasteiger partial charge in [-0.05, 0) is 26.8 Å². The molecule has 0 aromatic carbocycles. The van der Waals surface area contributed by atoms with E-state index < -0.39 is 6.43 Å². The van der Waals surface area contributed by atoms with Gasteiger partial charge < -0.3 is 5.32 Å². The number of halogens is 2. The monoisotopic (exact) mass is 234 g/mol. The van der Waals surface area contributed by atoms with Crippen LogP contribution >= 0.6 is 0 Å². The van der Waals surface area contributed by atoms with E-state index in [1.165, 1.54) is 32.1 Å². The minimum atomic E-state index is -2.23. The van der Waals surface area contributed by atoms with Crippen LogP contribution in [0.4, 0.5) is 8.78 Å². The minimum Gasteiger partial charge on any atom is -0.312 e. The Hall–Kier alpha value is -0.220.